The first-order valence-electron chi connectivity index (χ1n) is 4.95. The lowest BCUT2D eigenvalue weighted by Gasteiger charge is -1.95. The van der Waals surface area contributed by atoms with Gasteiger partial charge in [-0.05, 0) is 43.3 Å². The Bertz CT molecular complexity index is 503. The van der Waals surface area contributed by atoms with Gasteiger partial charge in [-0.2, -0.15) is 0 Å². The molecule has 1 aromatic heterocycles. The summed E-state index contributed by atoms with van der Waals surface area (Å²) in [5.74, 6) is 0.608. The molecule has 4 heteroatoms. The minimum absolute atomic E-state index is 0.608. The number of pyridine rings is 1. The van der Waals surface area contributed by atoms with Crippen LogP contribution in [0.15, 0.2) is 52.7 Å². The Kier molecular flexibility index (Phi) is 2.91. The van der Waals surface area contributed by atoms with Gasteiger partial charge in [0, 0.05) is 11.4 Å². The normalized spacial score (nSPS) is 10.8. The molecule has 4 nitrogen and oxygen atoms in total. The lowest BCUT2D eigenvalue weighted by Crippen LogP contribution is -1.80. The number of anilines is 1. The third-order valence-corrected chi connectivity index (χ3v) is 2.03. The van der Waals surface area contributed by atoms with E-state index in [9.17, 15) is 0 Å². The molecular formula is C12H12N4. The molecule has 0 aliphatic carbocycles. The Labute approximate surface area is 93.9 Å². The molecule has 0 aliphatic heterocycles. The summed E-state index contributed by atoms with van der Waals surface area (Å²) >= 11 is 0. The zero-order valence-electron chi connectivity index (χ0n) is 8.96. The Morgan fingerprint density at radius 3 is 2.44 bits per heavy atom. The molecule has 2 rings (SSSR count). The summed E-state index contributed by atoms with van der Waals surface area (Å²) in [6.07, 6.45) is 0. The number of nitrogens with zero attached hydrogens (tertiary/aromatic N) is 3. The molecule has 0 spiro atoms. The van der Waals surface area contributed by atoms with Gasteiger partial charge in [0.2, 0.25) is 0 Å². The SMILES string of the molecule is Cc1cccc(N=Nc2ccc(N)cc2)n1. The average Bonchev–Trinajstić information content (AvgIpc) is 2.28. The molecule has 0 radical (unpaired) electrons. The van der Waals surface area contributed by atoms with Crippen molar-refractivity contribution in [3.8, 4) is 0 Å². The van der Waals surface area contributed by atoms with Crippen molar-refractivity contribution in [2.75, 3.05) is 5.73 Å². The Morgan fingerprint density at radius 1 is 1.00 bits per heavy atom. The zero-order valence-corrected chi connectivity index (χ0v) is 8.96. The number of benzene rings is 1. The molecule has 0 fully saturated rings. The molecule has 0 aliphatic rings. The fourth-order valence-corrected chi connectivity index (χ4v) is 1.23. The monoisotopic (exact) mass is 212 g/mol. The van der Waals surface area contributed by atoms with Crippen LogP contribution in [-0.4, -0.2) is 4.98 Å². The van der Waals surface area contributed by atoms with Crippen molar-refractivity contribution in [3.05, 3.63) is 48.2 Å². The van der Waals surface area contributed by atoms with E-state index in [-0.39, 0.29) is 0 Å². The highest BCUT2D eigenvalue weighted by Crippen LogP contribution is 2.17. The van der Waals surface area contributed by atoms with Gasteiger partial charge in [0.15, 0.2) is 5.82 Å². The van der Waals surface area contributed by atoms with Crippen molar-refractivity contribution in [1.82, 2.24) is 4.98 Å². The maximum absolute atomic E-state index is 5.57. The summed E-state index contributed by atoms with van der Waals surface area (Å²) in [6.45, 7) is 1.92. The molecule has 2 N–H and O–H groups in total. The van der Waals surface area contributed by atoms with E-state index in [1.54, 1.807) is 12.1 Å². The van der Waals surface area contributed by atoms with Crippen LogP contribution in [0.4, 0.5) is 17.2 Å². The summed E-state index contributed by atoms with van der Waals surface area (Å²) in [6, 6.07) is 12.8. The summed E-state index contributed by atoms with van der Waals surface area (Å²) in [7, 11) is 0. The Morgan fingerprint density at radius 2 is 1.75 bits per heavy atom. The van der Waals surface area contributed by atoms with E-state index in [1.165, 1.54) is 0 Å². The second-order valence-electron chi connectivity index (χ2n) is 3.43. The predicted octanol–water partition coefficient (Wildman–Crippen LogP) is 3.39. The first kappa shape index (κ1) is 10.3. The van der Waals surface area contributed by atoms with Gasteiger partial charge >= 0.3 is 0 Å². The minimum Gasteiger partial charge on any atom is -0.399 e. The van der Waals surface area contributed by atoms with E-state index >= 15 is 0 Å². The van der Waals surface area contributed by atoms with Gasteiger partial charge in [-0.15, -0.1) is 10.2 Å². The first-order valence-corrected chi connectivity index (χ1v) is 4.95. The highest BCUT2D eigenvalue weighted by molar-refractivity contribution is 5.47. The van der Waals surface area contributed by atoms with Crippen LogP contribution in [0.25, 0.3) is 0 Å². The molecule has 0 saturated carbocycles. The van der Waals surface area contributed by atoms with Crippen LogP contribution >= 0.6 is 0 Å². The van der Waals surface area contributed by atoms with Gasteiger partial charge in [0.25, 0.3) is 0 Å². The molecule has 1 aromatic carbocycles. The Balaban J connectivity index is 2.18. The van der Waals surface area contributed by atoms with Crippen LogP contribution in [0.2, 0.25) is 0 Å². The zero-order chi connectivity index (χ0) is 11.4. The van der Waals surface area contributed by atoms with Gasteiger partial charge in [0.1, 0.15) is 0 Å². The van der Waals surface area contributed by atoms with Crippen LogP contribution in [0.5, 0.6) is 0 Å². The molecule has 80 valence electrons. The van der Waals surface area contributed by atoms with Gasteiger partial charge in [0.05, 0.1) is 5.69 Å². The fraction of sp³-hybridized carbons (Fsp3) is 0.0833. The van der Waals surface area contributed by atoms with Crippen LogP contribution < -0.4 is 5.73 Å². The minimum atomic E-state index is 0.608. The second-order valence-corrected chi connectivity index (χ2v) is 3.43. The van der Waals surface area contributed by atoms with Crippen molar-refractivity contribution >= 4 is 17.2 Å². The Hall–Kier alpha value is -2.23. The smallest absolute Gasteiger partial charge is 0.174 e. The maximum atomic E-state index is 5.57. The number of rotatable bonds is 2. The number of hydrogen-bond donors (Lipinski definition) is 1. The number of aromatic nitrogens is 1. The number of nitrogens with two attached hydrogens (primary N) is 1. The average molecular weight is 212 g/mol. The molecule has 0 bridgehead atoms. The van der Waals surface area contributed by atoms with E-state index in [4.69, 9.17) is 5.73 Å². The van der Waals surface area contributed by atoms with E-state index in [2.05, 4.69) is 15.2 Å². The fourth-order valence-electron chi connectivity index (χ4n) is 1.23. The van der Waals surface area contributed by atoms with Crippen molar-refractivity contribution in [3.63, 3.8) is 0 Å². The van der Waals surface area contributed by atoms with E-state index in [0.29, 0.717) is 11.5 Å². The highest BCUT2D eigenvalue weighted by atomic mass is 15.1. The summed E-state index contributed by atoms with van der Waals surface area (Å²) in [5, 5.41) is 8.11. The topological polar surface area (TPSA) is 63.6 Å². The quantitative estimate of drug-likeness (QED) is 0.612. The summed E-state index contributed by atoms with van der Waals surface area (Å²) < 4.78 is 0. The number of nitrogen functional groups attached to an aromatic ring is 1. The second kappa shape index (κ2) is 4.53. The molecule has 2 aromatic rings. The molecule has 0 atom stereocenters. The van der Waals surface area contributed by atoms with Gasteiger partial charge in [-0.3, -0.25) is 0 Å². The summed E-state index contributed by atoms with van der Waals surface area (Å²) in [4.78, 5) is 4.22. The molecule has 0 amide bonds. The van der Waals surface area contributed by atoms with E-state index in [0.717, 1.165) is 11.4 Å². The van der Waals surface area contributed by atoms with E-state index in [1.807, 2.05) is 37.3 Å². The molecule has 0 saturated heterocycles. The van der Waals surface area contributed by atoms with Crippen molar-refractivity contribution in [2.24, 2.45) is 10.2 Å². The molecule has 1 heterocycles. The van der Waals surface area contributed by atoms with Gasteiger partial charge in [-0.1, -0.05) is 6.07 Å². The van der Waals surface area contributed by atoms with Gasteiger partial charge < -0.3 is 5.73 Å². The van der Waals surface area contributed by atoms with Crippen LogP contribution in [-0.2, 0) is 0 Å². The highest BCUT2D eigenvalue weighted by Gasteiger charge is 1.92. The third-order valence-electron chi connectivity index (χ3n) is 2.03. The van der Waals surface area contributed by atoms with Crippen LogP contribution in [0.3, 0.4) is 0 Å². The standard InChI is InChI=1S/C12H12N4/c1-9-3-2-4-12(14-9)16-15-11-7-5-10(13)6-8-11/h2-8H,13H2,1H3. The van der Waals surface area contributed by atoms with Crippen molar-refractivity contribution < 1.29 is 0 Å². The van der Waals surface area contributed by atoms with Crippen molar-refractivity contribution in [2.45, 2.75) is 6.92 Å². The number of aryl methyl sites for hydroxylation is 1. The lowest BCUT2D eigenvalue weighted by atomic mass is 10.3. The molecular weight excluding hydrogens is 200 g/mol. The summed E-state index contributed by atoms with van der Waals surface area (Å²) in [5.41, 5.74) is 7.97. The van der Waals surface area contributed by atoms with Crippen molar-refractivity contribution in [1.29, 1.82) is 0 Å². The lowest BCUT2D eigenvalue weighted by molar-refractivity contribution is 1.11. The van der Waals surface area contributed by atoms with Crippen LogP contribution in [0, 0.1) is 6.92 Å². The van der Waals surface area contributed by atoms with Gasteiger partial charge in [-0.25, -0.2) is 4.98 Å². The molecule has 16 heavy (non-hydrogen) atoms. The maximum Gasteiger partial charge on any atom is 0.174 e. The van der Waals surface area contributed by atoms with Crippen LogP contribution in [0.1, 0.15) is 5.69 Å². The first-order chi connectivity index (χ1) is 7.74. The largest absolute Gasteiger partial charge is 0.399 e. The molecule has 0 unspecified atom stereocenters. The third kappa shape index (κ3) is 2.63. The number of azo groups is 1. The number of hydrogen-bond acceptors (Lipinski definition) is 4. The predicted molar refractivity (Wildman–Crippen MR) is 64.0 cm³/mol. The van der Waals surface area contributed by atoms with E-state index < -0.39 is 0 Å².